The average molecular weight is 295 g/mol. The molecule has 120 valence electrons. The maximum absolute atomic E-state index is 12.2. The Kier molecular flexibility index (Phi) is 6.49. The van der Waals surface area contributed by atoms with E-state index in [-0.39, 0.29) is 17.7 Å². The predicted molar refractivity (Wildman–Crippen MR) is 82.8 cm³/mol. The zero-order valence-electron chi connectivity index (χ0n) is 13.2. The molecule has 0 aromatic rings. The molecule has 0 aromatic carbocycles. The second kappa shape index (κ2) is 8.37. The van der Waals surface area contributed by atoms with Gasteiger partial charge < -0.3 is 15.5 Å². The summed E-state index contributed by atoms with van der Waals surface area (Å²) in [5.41, 5.74) is 0. The molecule has 1 atom stereocenters. The minimum Gasteiger partial charge on any atom is -0.356 e. The molecular weight excluding hydrogens is 266 g/mol. The summed E-state index contributed by atoms with van der Waals surface area (Å²) in [6, 6.07) is 0. The third-order valence-corrected chi connectivity index (χ3v) is 4.67. The molecule has 2 amide bonds. The normalized spacial score (nSPS) is 23.3. The van der Waals surface area contributed by atoms with Crippen molar-refractivity contribution in [3.05, 3.63) is 0 Å². The van der Waals surface area contributed by atoms with Gasteiger partial charge in [0.2, 0.25) is 11.8 Å². The van der Waals surface area contributed by atoms with Crippen LogP contribution in [0.1, 0.15) is 45.4 Å². The molecule has 0 radical (unpaired) electrons. The highest BCUT2D eigenvalue weighted by Crippen LogP contribution is 2.20. The highest BCUT2D eigenvalue weighted by Gasteiger charge is 2.28. The van der Waals surface area contributed by atoms with Crippen LogP contribution in [0.2, 0.25) is 0 Å². The molecule has 0 bridgehead atoms. The number of carbonyl (C=O) groups excluding carboxylic acids is 2. The lowest BCUT2D eigenvalue weighted by molar-refractivity contribution is -0.136. The molecule has 0 aromatic heterocycles. The Morgan fingerprint density at radius 3 is 2.62 bits per heavy atom. The van der Waals surface area contributed by atoms with Crippen molar-refractivity contribution in [2.75, 3.05) is 32.7 Å². The first kappa shape index (κ1) is 16.3. The van der Waals surface area contributed by atoms with Gasteiger partial charge in [-0.3, -0.25) is 9.59 Å². The number of unbranched alkanes of at least 4 members (excludes halogenated alkanes) is 1. The van der Waals surface area contributed by atoms with Gasteiger partial charge in [0, 0.05) is 32.0 Å². The van der Waals surface area contributed by atoms with Crippen LogP contribution in [-0.2, 0) is 9.59 Å². The Hall–Kier alpha value is -1.10. The Morgan fingerprint density at radius 1 is 1.24 bits per heavy atom. The van der Waals surface area contributed by atoms with Gasteiger partial charge in [-0.2, -0.15) is 0 Å². The van der Waals surface area contributed by atoms with Crippen molar-refractivity contribution in [2.45, 2.75) is 45.4 Å². The monoisotopic (exact) mass is 295 g/mol. The summed E-state index contributed by atoms with van der Waals surface area (Å²) in [6.07, 6.45) is 5.55. The first-order chi connectivity index (χ1) is 10.2. The van der Waals surface area contributed by atoms with Gasteiger partial charge in [0.25, 0.3) is 0 Å². The van der Waals surface area contributed by atoms with E-state index in [9.17, 15) is 9.59 Å². The van der Waals surface area contributed by atoms with Crippen LogP contribution >= 0.6 is 0 Å². The molecule has 2 saturated heterocycles. The Labute approximate surface area is 127 Å². The highest BCUT2D eigenvalue weighted by molar-refractivity contribution is 5.80. The molecule has 5 heteroatoms. The topological polar surface area (TPSA) is 61.4 Å². The number of hydrogen-bond donors (Lipinski definition) is 2. The van der Waals surface area contributed by atoms with Crippen LogP contribution in [0.15, 0.2) is 0 Å². The van der Waals surface area contributed by atoms with Crippen molar-refractivity contribution < 1.29 is 9.59 Å². The first-order valence-electron chi connectivity index (χ1n) is 8.47. The molecule has 2 aliphatic heterocycles. The van der Waals surface area contributed by atoms with E-state index in [2.05, 4.69) is 17.6 Å². The number of rotatable bonds is 6. The third kappa shape index (κ3) is 4.99. The predicted octanol–water partition coefficient (Wildman–Crippen LogP) is 1.14. The second-order valence-electron chi connectivity index (χ2n) is 6.36. The molecule has 2 aliphatic rings. The number of nitrogens with zero attached hydrogens (tertiary/aromatic N) is 1. The maximum atomic E-state index is 12.2. The van der Waals surface area contributed by atoms with E-state index in [0.29, 0.717) is 12.3 Å². The van der Waals surface area contributed by atoms with Gasteiger partial charge in [0.15, 0.2) is 0 Å². The zero-order chi connectivity index (χ0) is 15.1. The van der Waals surface area contributed by atoms with Crippen LogP contribution < -0.4 is 10.6 Å². The zero-order valence-corrected chi connectivity index (χ0v) is 13.2. The van der Waals surface area contributed by atoms with E-state index < -0.39 is 0 Å². The third-order valence-electron chi connectivity index (χ3n) is 4.67. The van der Waals surface area contributed by atoms with Crippen LogP contribution in [0.25, 0.3) is 0 Å². The molecule has 2 rings (SSSR count). The molecule has 21 heavy (non-hydrogen) atoms. The van der Waals surface area contributed by atoms with Gasteiger partial charge in [0.1, 0.15) is 0 Å². The SMILES string of the molecule is CCCCNC(=O)C1CCN(C(=O)CC2CCNC2)CC1. The molecule has 0 saturated carbocycles. The van der Waals surface area contributed by atoms with Gasteiger partial charge in [-0.1, -0.05) is 13.3 Å². The number of nitrogens with one attached hydrogen (secondary N) is 2. The lowest BCUT2D eigenvalue weighted by Gasteiger charge is -2.32. The van der Waals surface area contributed by atoms with Crippen LogP contribution in [0, 0.1) is 11.8 Å². The molecule has 0 spiro atoms. The number of carbonyl (C=O) groups is 2. The van der Waals surface area contributed by atoms with Gasteiger partial charge >= 0.3 is 0 Å². The lowest BCUT2D eigenvalue weighted by Crippen LogP contribution is -2.43. The molecule has 0 aliphatic carbocycles. The van der Waals surface area contributed by atoms with Crippen molar-refractivity contribution in [3.8, 4) is 0 Å². The van der Waals surface area contributed by atoms with Crippen molar-refractivity contribution in [1.82, 2.24) is 15.5 Å². The van der Waals surface area contributed by atoms with Crippen molar-refractivity contribution in [3.63, 3.8) is 0 Å². The summed E-state index contributed by atoms with van der Waals surface area (Å²) < 4.78 is 0. The number of hydrogen-bond acceptors (Lipinski definition) is 3. The summed E-state index contributed by atoms with van der Waals surface area (Å²) in [6.45, 7) is 6.40. The molecule has 2 N–H and O–H groups in total. The van der Waals surface area contributed by atoms with E-state index in [1.165, 1.54) is 0 Å². The van der Waals surface area contributed by atoms with E-state index in [1.54, 1.807) is 0 Å². The van der Waals surface area contributed by atoms with Crippen LogP contribution in [-0.4, -0.2) is 49.4 Å². The fourth-order valence-electron chi connectivity index (χ4n) is 3.19. The summed E-state index contributed by atoms with van der Waals surface area (Å²) in [5, 5.41) is 6.31. The highest BCUT2D eigenvalue weighted by atomic mass is 16.2. The van der Waals surface area contributed by atoms with E-state index in [4.69, 9.17) is 0 Å². The first-order valence-corrected chi connectivity index (χ1v) is 8.47. The summed E-state index contributed by atoms with van der Waals surface area (Å²) in [7, 11) is 0. The maximum Gasteiger partial charge on any atom is 0.223 e. The summed E-state index contributed by atoms with van der Waals surface area (Å²) in [5.74, 6) is 1.05. The number of amides is 2. The van der Waals surface area contributed by atoms with Crippen LogP contribution in [0.5, 0.6) is 0 Å². The van der Waals surface area contributed by atoms with Crippen molar-refractivity contribution in [1.29, 1.82) is 0 Å². The Bertz CT molecular complexity index is 345. The van der Waals surface area contributed by atoms with Gasteiger partial charge in [-0.05, 0) is 44.7 Å². The minimum absolute atomic E-state index is 0.0963. The quantitative estimate of drug-likeness (QED) is 0.722. The van der Waals surface area contributed by atoms with Crippen LogP contribution in [0.3, 0.4) is 0 Å². The van der Waals surface area contributed by atoms with Crippen molar-refractivity contribution in [2.24, 2.45) is 11.8 Å². The smallest absolute Gasteiger partial charge is 0.223 e. The minimum atomic E-state index is 0.0963. The second-order valence-corrected chi connectivity index (χ2v) is 6.36. The number of likely N-dealkylation sites (tertiary alicyclic amines) is 1. The van der Waals surface area contributed by atoms with Crippen molar-refractivity contribution >= 4 is 11.8 Å². The fraction of sp³-hybridized carbons (Fsp3) is 0.875. The molecule has 5 nitrogen and oxygen atoms in total. The fourth-order valence-corrected chi connectivity index (χ4v) is 3.19. The largest absolute Gasteiger partial charge is 0.356 e. The Balaban J connectivity index is 1.67. The van der Waals surface area contributed by atoms with E-state index in [0.717, 1.165) is 64.8 Å². The Morgan fingerprint density at radius 2 is 2.00 bits per heavy atom. The summed E-state index contributed by atoms with van der Waals surface area (Å²) >= 11 is 0. The van der Waals surface area contributed by atoms with Gasteiger partial charge in [0.05, 0.1) is 0 Å². The molecular formula is C16H29N3O2. The average Bonchev–Trinajstić information content (AvgIpc) is 3.00. The molecule has 2 fully saturated rings. The molecule has 2 heterocycles. The van der Waals surface area contributed by atoms with Gasteiger partial charge in [-0.15, -0.1) is 0 Å². The van der Waals surface area contributed by atoms with E-state index in [1.807, 2.05) is 4.90 Å². The van der Waals surface area contributed by atoms with Gasteiger partial charge in [-0.25, -0.2) is 0 Å². The summed E-state index contributed by atoms with van der Waals surface area (Å²) in [4.78, 5) is 26.2. The molecule has 1 unspecified atom stereocenters. The lowest BCUT2D eigenvalue weighted by atomic mass is 9.95. The van der Waals surface area contributed by atoms with Crippen LogP contribution in [0.4, 0.5) is 0 Å². The standard InChI is InChI=1S/C16H29N3O2/c1-2-3-7-18-16(21)14-5-9-19(10-6-14)15(20)11-13-4-8-17-12-13/h13-14,17H,2-12H2,1H3,(H,18,21). The van der Waals surface area contributed by atoms with E-state index >= 15 is 0 Å². The number of piperidine rings is 1.